The van der Waals surface area contributed by atoms with Gasteiger partial charge >= 0.3 is 0 Å². The van der Waals surface area contributed by atoms with Crippen molar-refractivity contribution >= 4 is 0 Å². The maximum Gasteiger partial charge on any atom is 0.124 e. The molecule has 0 saturated heterocycles. The van der Waals surface area contributed by atoms with Crippen molar-refractivity contribution in [2.75, 3.05) is 0 Å². The minimum absolute atomic E-state index is 0.210. The maximum atomic E-state index is 13.2. The topological polar surface area (TPSA) is 35.2 Å². The van der Waals surface area contributed by atoms with Crippen LogP contribution in [-0.2, 0) is 0 Å². The van der Waals surface area contributed by atoms with Crippen LogP contribution in [0.15, 0.2) is 18.2 Å². The van der Waals surface area contributed by atoms with E-state index >= 15 is 0 Å². The number of hydrogen-bond acceptors (Lipinski definition) is 2. The molecule has 18 heavy (non-hydrogen) atoms. The van der Waals surface area contributed by atoms with Crippen LogP contribution in [0.1, 0.15) is 51.1 Å². The Balaban J connectivity index is 2.09. The summed E-state index contributed by atoms with van der Waals surface area (Å²) in [5, 5.41) is 0. The van der Waals surface area contributed by atoms with Crippen LogP contribution >= 0.6 is 0 Å². The Kier molecular flexibility index (Phi) is 4.23. The van der Waals surface area contributed by atoms with Crippen molar-refractivity contribution < 1.29 is 9.13 Å². The van der Waals surface area contributed by atoms with E-state index in [0.717, 1.165) is 30.1 Å². The molecule has 2 N–H and O–H groups in total. The van der Waals surface area contributed by atoms with E-state index in [1.807, 2.05) is 6.92 Å². The van der Waals surface area contributed by atoms with E-state index < -0.39 is 0 Å². The zero-order chi connectivity index (χ0) is 13.1. The van der Waals surface area contributed by atoms with Crippen molar-refractivity contribution in [1.82, 2.24) is 0 Å². The second kappa shape index (κ2) is 5.70. The van der Waals surface area contributed by atoms with Crippen LogP contribution in [0.3, 0.4) is 0 Å². The molecule has 0 bridgehead atoms. The first kappa shape index (κ1) is 13.3. The van der Waals surface area contributed by atoms with Gasteiger partial charge in [0.15, 0.2) is 0 Å². The summed E-state index contributed by atoms with van der Waals surface area (Å²) in [6.45, 7) is 4.13. The summed E-state index contributed by atoms with van der Waals surface area (Å²) in [4.78, 5) is 0. The monoisotopic (exact) mass is 251 g/mol. The number of benzene rings is 1. The molecule has 1 saturated carbocycles. The van der Waals surface area contributed by atoms with Crippen molar-refractivity contribution in [2.24, 2.45) is 11.7 Å². The van der Waals surface area contributed by atoms with Crippen LogP contribution in [0.5, 0.6) is 5.75 Å². The van der Waals surface area contributed by atoms with Gasteiger partial charge in [0.25, 0.3) is 0 Å². The Morgan fingerprint density at radius 1 is 1.28 bits per heavy atom. The van der Waals surface area contributed by atoms with Gasteiger partial charge in [-0.1, -0.05) is 6.92 Å². The summed E-state index contributed by atoms with van der Waals surface area (Å²) in [5.41, 5.74) is 6.62. The second-order valence-corrected chi connectivity index (χ2v) is 5.47. The van der Waals surface area contributed by atoms with Gasteiger partial charge < -0.3 is 10.5 Å². The summed E-state index contributed by atoms with van der Waals surface area (Å²) in [5.74, 6) is 1.28. The van der Waals surface area contributed by atoms with Crippen LogP contribution < -0.4 is 10.5 Å². The third-order valence-corrected chi connectivity index (χ3v) is 3.72. The maximum absolute atomic E-state index is 13.2. The molecular weight excluding hydrogens is 229 g/mol. The lowest BCUT2D eigenvalue weighted by molar-refractivity contribution is 0.134. The van der Waals surface area contributed by atoms with Gasteiger partial charge in [-0.15, -0.1) is 0 Å². The predicted molar refractivity (Wildman–Crippen MR) is 71.1 cm³/mol. The lowest BCUT2D eigenvalue weighted by Gasteiger charge is -2.28. The molecule has 2 rings (SSSR count). The van der Waals surface area contributed by atoms with Crippen molar-refractivity contribution in [1.29, 1.82) is 0 Å². The van der Waals surface area contributed by atoms with Crippen molar-refractivity contribution in [3.8, 4) is 5.75 Å². The average molecular weight is 251 g/mol. The molecule has 1 aliphatic rings. The smallest absolute Gasteiger partial charge is 0.124 e. The van der Waals surface area contributed by atoms with E-state index in [2.05, 4.69) is 6.92 Å². The van der Waals surface area contributed by atoms with Crippen LogP contribution in [0.4, 0.5) is 4.39 Å². The highest BCUT2D eigenvalue weighted by atomic mass is 19.1. The highest BCUT2D eigenvalue weighted by Crippen LogP contribution is 2.31. The van der Waals surface area contributed by atoms with Crippen LogP contribution in [0.2, 0.25) is 0 Å². The number of halogens is 1. The molecule has 0 unspecified atom stereocenters. The number of nitrogens with two attached hydrogens (primary N) is 1. The van der Waals surface area contributed by atoms with Crippen LogP contribution in [0.25, 0.3) is 0 Å². The Morgan fingerprint density at radius 3 is 2.56 bits per heavy atom. The molecule has 0 heterocycles. The molecule has 0 radical (unpaired) electrons. The second-order valence-electron chi connectivity index (χ2n) is 5.47. The molecule has 0 amide bonds. The fourth-order valence-electron chi connectivity index (χ4n) is 2.51. The molecule has 1 aliphatic carbocycles. The summed E-state index contributed by atoms with van der Waals surface area (Å²) < 4.78 is 19.2. The van der Waals surface area contributed by atoms with Gasteiger partial charge in [-0.3, -0.25) is 0 Å². The van der Waals surface area contributed by atoms with Gasteiger partial charge in [0, 0.05) is 11.6 Å². The van der Waals surface area contributed by atoms with E-state index in [0.29, 0.717) is 0 Å². The molecule has 0 aliphatic heterocycles. The standard InChI is InChI=1S/C15H22FNO/c1-10-3-6-13(7-4-10)18-15-8-5-12(16)9-14(15)11(2)17/h5,8-11,13H,3-4,6-7,17H2,1-2H3/t10?,11-,13?/m1/s1. The fraction of sp³-hybridized carbons (Fsp3) is 0.600. The van der Waals surface area contributed by atoms with Crippen molar-refractivity contribution in [3.63, 3.8) is 0 Å². The van der Waals surface area contributed by atoms with E-state index in [1.54, 1.807) is 6.07 Å². The molecule has 1 aromatic carbocycles. The number of rotatable bonds is 3. The fourth-order valence-corrected chi connectivity index (χ4v) is 2.51. The third kappa shape index (κ3) is 3.22. The Morgan fingerprint density at radius 2 is 1.94 bits per heavy atom. The Hall–Kier alpha value is -1.09. The molecule has 1 aromatic rings. The van der Waals surface area contributed by atoms with Gasteiger partial charge in [-0.2, -0.15) is 0 Å². The van der Waals surface area contributed by atoms with Gasteiger partial charge in [0.1, 0.15) is 11.6 Å². The molecule has 0 aromatic heterocycles. The lowest BCUT2D eigenvalue weighted by Crippen LogP contribution is -2.24. The minimum Gasteiger partial charge on any atom is -0.490 e. The zero-order valence-electron chi connectivity index (χ0n) is 11.2. The van der Waals surface area contributed by atoms with Gasteiger partial charge in [-0.05, 0) is 56.7 Å². The van der Waals surface area contributed by atoms with Crippen LogP contribution in [0, 0.1) is 11.7 Å². The largest absolute Gasteiger partial charge is 0.490 e. The highest BCUT2D eigenvalue weighted by Gasteiger charge is 2.21. The molecule has 2 nitrogen and oxygen atoms in total. The quantitative estimate of drug-likeness (QED) is 0.886. The van der Waals surface area contributed by atoms with Crippen LogP contribution in [-0.4, -0.2) is 6.10 Å². The van der Waals surface area contributed by atoms with Gasteiger partial charge in [0.05, 0.1) is 6.10 Å². The molecule has 1 fully saturated rings. The highest BCUT2D eigenvalue weighted by molar-refractivity contribution is 5.36. The first-order chi connectivity index (χ1) is 8.56. The predicted octanol–water partition coefficient (Wildman–Crippen LogP) is 3.80. The van der Waals surface area contributed by atoms with E-state index in [9.17, 15) is 4.39 Å². The zero-order valence-corrected chi connectivity index (χ0v) is 11.2. The summed E-state index contributed by atoms with van der Waals surface area (Å²) >= 11 is 0. The molecule has 3 heteroatoms. The van der Waals surface area contributed by atoms with E-state index in [-0.39, 0.29) is 18.0 Å². The molecular formula is C15H22FNO. The average Bonchev–Trinajstić information content (AvgIpc) is 2.34. The molecule has 0 spiro atoms. The summed E-state index contributed by atoms with van der Waals surface area (Å²) in [6.07, 6.45) is 4.83. The van der Waals surface area contributed by atoms with Gasteiger partial charge in [0.2, 0.25) is 0 Å². The summed E-state index contributed by atoms with van der Waals surface area (Å²) in [6, 6.07) is 4.41. The Labute approximate surface area is 108 Å². The molecule has 100 valence electrons. The number of hydrogen-bond donors (Lipinski definition) is 1. The van der Waals surface area contributed by atoms with E-state index in [1.165, 1.54) is 25.0 Å². The normalized spacial score (nSPS) is 25.8. The summed E-state index contributed by atoms with van der Waals surface area (Å²) in [7, 11) is 0. The first-order valence-corrected chi connectivity index (χ1v) is 6.78. The third-order valence-electron chi connectivity index (χ3n) is 3.72. The van der Waals surface area contributed by atoms with Crippen molar-refractivity contribution in [2.45, 2.75) is 51.7 Å². The van der Waals surface area contributed by atoms with Crippen molar-refractivity contribution in [3.05, 3.63) is 29.6 Å². The lowest BCUT2D eigenvalue weighted by atomic mass is 9.89. The molecule has 1 atom stereocenters. The van der Waals surface area contributed by atoms with E-state index in [4.69, 9.17) is 10.5 Å². The Bertz CT molecular complexity index is 397. The number of ether oxygens (including phenoxy) is 1. The first-order valence-electron chi connectivity index (χ1n) is 6.78. The van der Waals surface area contributed by atoms with Gasteiger partial charge in [-0.25, -0.2) is 4.39 Å². The minimum atomic E-state index is -0.257. The SMILES string of the molecule is CC1CCC(Oc2ccc(F)cc2[C@@H](C)N)CC1.